The molecule has 0 radical (unpaired) electrons. The van der Waals surface area contributed by atoms with Crippen LogP contribution in [0.1, 0.15) is 40.0 Å². The van der Waals surface area contributed by atoms with E-state index >= 15 is 0 Å². The minimum absolute atomic E-state index is 0.139. The molecule has 0 atom stereocenters. The molecule has 14 heavy (non-hydrogen) atoms. The maximum atomic E-state index is 11.4. The number of Topliss-reactive ketones (excluding diaryl/α,β-unsaturated/α-hetero) is 1. The minimum Gasteiger partial charge on any atom is -0.299 e. The van der Waals surface area contributed by atoms with Crippen LogP contribution in [0.2, 0.25) is 0 Å². The molecule has 0 unspecified atom stereocenters. The third-order valence-corrected chi connectivity index (χ3v) is 3.54. The highest BCUT2D eigenvalue weighted by Gasteiger charge is 2.16. The molecular weight excluding hydrogens is 200 g/mol. The Morgan fingerprint density at radius 2 is 1.86 bits per heavy atom. The second-order valence-electron chi connectivity index (χ2n) is 4.06. The van der Waals surface area contributed by atoms with E-state index < -0.39 is 9.84 Å². The molecular formula is C10H20O3S. The second kappa shape index (κ2) is 6.17. The van der Waals surface area contributed by atoms with Gasteiger partial charge in [-0.15, -0.1) is 0 Å². The molecule has 0 fully saturated rings. The molecule has 0 saturated heterocycles. The average Bonchev–Trinajstić information content (AvgIpc) is 2.00. The first-order valence-electron chi connectivity index (χ1n) is 5.09. The van der Waals surface area contributed by atoms with Crippen molar-refractivity contribution in [1.82, 2.24) is 0 Å². The molecule has 0 heterocycles. The molecule has 0 aromatic heterocycles. The third-order valence-electron chi connectivity index (χ3n) is 1.92. The van der Waals surface area contributed by atoms with E-state index in [2.05, 4.69) is 0 Å². The summed E-state index contributed by atoms with van der Waals surface area (Å²) in [5.41, 5.74) is 0. The van der Waals surface area contributed by atoms with E-state index in [0.717, 1.165) is 6.42 Å². The second-order valence-corrected chi connectivity index (χ2v) is 6.25. The first kappa shape index (κ1) is 13.6. The van der Waals surface area contributed by atoms with Crippen LogP contribution in [0.4, 0.5) is 0 Å². The Labute approximate surface area is 86.8 Å². The Kier molecular flexibility index (Phi) is 6.00. The van der Waals surface area contributed by atoms with Gasteiger partial charge in [-0.2, -0.15) is 0 Å². The van der Waals surface area contributed by atoms with Gasteiger partial charge in [-0.3, -0.25) is 4.79 Å². The first-order chi connectivity index (χ1) is 6.37. The Balaban J connectivity index is 4.01. The smallest absolute Gasteiger partial charge is 0.157 e. The van der Waals surface area contributed by atoms with Gasteiger partial charge in [0.2, 0.25) is 0 Å². The number of rotatable bonds is 7. The predicted molar refractivity (Wildman–Crippen MR) is 58.0 cm³/mol. The largest absolute Gasteiger partial charge is 0.299 e. The summed E-state index contributed by atoms with van der Waals surface area (Å²) in [6, 6.07) is 0. The van der Waals surface area contributed by atoms with Gasteiger partial charge in [-0.05, 0) is 18.8 Å². The summed E-state index contributed by atoms with van der Waals surface area (Å²) in [5.74, 6) is 0.0792. The number of hydrogen-bond acceptors (Lipinski definition) is 3. The van der Waals surface area contributed by atoms with E-state index in [1.165, 1.54) is 0 Å². The van der Waals surface area contributed by atoms with Crippen molar-refractivity contribution in [3.8, 4) is 0 Å². The first-order valence-corrected chi connectivity index (χ1v) is 6.91. The van der Waals surface area contributed by atoms with Crippen LogP contribution in [0.25, 0.3) is 0 Å². The quantitative estimate of drug-likeness (QED) is 0.657. The highest BCUT2D eigenvalue weighted by atomic mass is 32.2. The van der Waals surface area contributed by atoms with Gasteiger partial charge in [-0.25, -0.2) is 8.42 Å². The Hall–Kier alpha value is -0.380. The zero-order valence-corrected chi connectivity index (χ0v) is 10.1. The average molecular weight is 220 g/mol. The summed E-state index contributed by atoms with van der Waals surface area (Å²) in [5, 5.41) is 0. The van der Waals surface area contributed by atoms with Crippen LogP contribution in [0, 0.1) is 5.92 Å². The van der Waals surface area contributed by atoms with Crippen molar-refractivity contribution in [3.05, 3.63) is 0 Å². The van der Waals surface area contributed by atoms with Crippen LogP contribution in [-0.2, 0) is 14.6 Å². The predicted octanol–water partition coefficient (Wildman–Crippen LogP) is 1.82. The third kappa shape index (κ3) is 7.06. The zero-order chi connectivity index (χ0) is 11.2. The van der Waals surface area contributed by atoms with E-state index in [1.54, 1.807) is 0 Å². The topological polar surface area (TPSA) is 51.2 Å². The molecule has 0 aromatic rings. The maximum Gasteiger partial charge on any atom is 0.157 e. The van der Waals surface area contributed by atoms with Crippen LogP contribution in [0.5, 0.6) is 0 Å². The molecule has 0 rings (SSSR count). The highest BCUT2D eigenvalue weighted by Crippen LogP contribution is 2.04. The minimum atomic E-state index is -3.15. The van der Waals surface area contributed by atoms with Gasteiger partial charge in [-0.1, -0.05) is 20.8 Å². The number of carbonyl (C=O) groups is 1. The lowest BCUT2D eigenvalue weighted by molar-refractivity contribution is -0.116. The summed E-state index contributed by atoms with van der Waals surface area (Å²) in [6.07, 6.45) is 1.74. The van der Waals surface area contributed by atoms with Gasteiger partial charge >= 0.3 is 0 Å². The molecule has 0 bridgehead atoms. The number of carbonyl (C=O) groups excluding carboxylic acids is 1. The van der Waals surface area contributed by atoms with Crippen LogP contribution in [0.3, 0.4) is 0 Å². The van der Waals surface area contributed by atoms with Crippen molar-refractivity contribution < 1.29 is 13.2 Å². The van der Waals surface area contributed by atoms with Gasteiger partial charge in [0.1, 0.15) is 11.5 Å². The van der Waals surface area contributed by atoms with Gasteiger partial charge < -0.3 is 0 Å². The molecule has 0 aromatic carbocycles. The fourth-order valence-corrected chi connectivity index (χ4v) is 2.69. The summed E-state index contributed by atoms with van der Waals surface area (Å²) < 4.78 is 22.8. The summed E-state index contributed by atoms with van der Waals surface area (Å²) in [7, 11) is -3.15. The number of ketones is 1. The van der Waals surface area contributed by atoms with Crippen molar-refractivity contribution in [3.63, 3.8) is 0 Å². The highest BCUT2D eigenvalue weighted by molar-refractivity contribution is 7.92. The Morgan fingerprint density at radius 3 is 2.29 bits per heavy atom. The van der Waals surface area contributed by atoms with Crippen molar-refractivity contribution in [2.75, 3.05) is 11.5 Å². The molecule has 0 N–H and O–H groups in total. The van der Waals surface area contributed by atoms with Gasteiger partial charge in [0, 0.05) is 6.42 Å². The standard InChI is InChI=1S/C10H20O3S/c1-4-5-10(11)8-14(12,13)7-6-9(2)3/h9H,4-8H2,1-3H3. The lowest BCUT2D eigenvalue weighted by Crippen LogP contribution is -2.19. The van der Waals surface area contributed by atoms with E-state index in [4.69, 9.17) is 0 Å². The molecule has 0 aliphatic rings. The normalized spacial score (nSPS) is 12.0. The van der Waals surface area contributed by atoms with E-state index in [-0.39, 0.29) is 17.3 Å². The van der Waals surface area contributed by atoms with Gasteiger partial charge in [0.15, 0.2) is 9.84 Å². The molecule has 0 aliphatic carbocycles. The molecule has 0 spiro atoms. The van der Waals surface area contributed by atoms with Crippen LogP contribution < -0.4 is 0 Å². The lowest BCUT2D eigenvalue weighted by atomic mass is 10.2. The Bertz CT molecular complexity index is 265. The van der Waals surface area contributed by atoms with E-state index in [0.29, 0.717) is 18.8 Å². The summed E-state index contributed by atoms with van der Waals surface area (Å²) >= 11 is 0. The van der Waals surface area contributed by atoms with Crippen molar-refractivity contribution in [2.45, 2.75) is 40.0 Å². The summed E-state index contributed by atoms with van der Waals surface area (Å²) in [6.45, 7) is 5.82. The number of hydrogen-bond donors (Lipinski definition) is 0. The van der Waals surface area contributed by atoms with Gasteiger partial charge in [0.25, 0.3) is 0 Å². The maximum absolute atomic E-state index is 11.4. The lowest BCUT2D eigenvalue weighted by Gasteiger charge is -2.05. The molecule has 3 nitrogen and oxygen atoms in total. The Morgan fingerprint density at radius 1 is 1.29 bits per heavy atom. The summed E-state index contributed by atoms with van der Waals surface area (Å²) in [4.78, 5) is 11.1. The fraction of sp³-hybridized carbons (Fsp3) is 0.900. The van der Waals surface area contributed by atoms with Crippen molar-refractivity contribution in [2.24, 2.45) is 5.92 Å². The van der Waals surface area contributed by atoms with Crippen molar-refractivity contribution >= 4 is 15.6 Å². The SMILES string of the molecule is CCCC(=O)CS(=O)(=O)CCC(C)C. The van der Waals surface area contributed by atoms with Gasteiger partial charge in [0.05, 0.1) is 5.75 Å². The van der Waals surface area contributed by atoms with Crippen LogP contribution >= 0.6 is 0 Å². The monoisotopic (exact) mass is 220 g/mol. The molecule has 0 amide bonds. The van der Waals surface area contributed by atoms with E-state index in [9.17, 15) is 13.2 Å². The van der Waals surface area contributed by atoms with Crippen LogP contribution in [0.15, 0.2) is 0 Å². The molecule has 0 saturated carbocycles. The molecule has 0 aliphatic heterocycles. The number of sulfone groups is 1. The van der Waals surface area contributed by atoms with E-state index in [1.807, 2.05) is 20.8 Å². The fourth-order valence-electron chi connectivity index (χ4n) is 1.08. The van der Waals surface area contributed by atoms with Crippen molar-refractivity contribution in [1.29, 1.82) is 0 Å². The molecule has 84 valence electrons. The van der Waals surface area contributed by atoms with Crippen LogP contribution in [-0.4, -0.2) is 25.7 Å². The molecule has 4 heteroatoms. The zero-order valence-electron chi connectivity index (χ0n) is 9.25.